The van der Waals surface area contributed by atoms with Gasteiger partial charge in [-0.05, 0) is 42.8 Å². The quantitative estimate of drug-likeness (QED) is 0.747. The number of carboxylic acids is 1. The number of hydrogen-bond acceptors (Lipinski definition) is 3. The third-order valence-electron chi connectivity index (χ3n) is 3.92. The molecule has 0 spiro atoms. The molecule has 3 rings (SSSR count). The van der Waals surface area contributed by atoms with Crippen molar-refractivity contribution in [2.24, 2.45) is 5.92 Å². The van der Waals surface area contributed by atoms with E-state index in [4.69, 9.17) is 14.6 Å². The zero-order chi connectivity index (χ0) is 20.0. The summed E-state index contributed by atoms with van der Waals surface area (Å²) in [6, 6.07) is 12.7. The number of nitrogens with zero attached hydrogens (tertiary/aromatic N) is 1. The first kappa shape index (κ1) is 20.5. The number of anilines is 1. The summed E-state index contributed by atoms with van der Waals surface area (Å²) >= 11 is 0. The Morgan fingerprint density at radius 3 is 2.26 bits per heavy atom. The molecule has 2 aromatic rings. The van der Waals surface area contributed by atoms with Gasteiger partial charge in [-0.3, -0.25) is 4.79 Å². The molecule has 1 aliphatic heterocycles. The number of carboxylic acid groups (broad SMARTS) is 1. The lowest BCUT2D eigenvalue weighted by atomic mass is 10.1. The van der Waals surface area contributed by atoms with Gasteiger partial charge in [0.15, 0.2) is 11.6 Å². The first-order valence-electron chi connectivity index (χ1n) is 8.20. The van der Waals surface area contributed by atoms with Gasteiger partial charge in [0.1, 0.15) is 5.75 Å². The molecule has 0 bridgehead atoms. The van der Waals surface area contributed by atoms with Crippen LogP contribution in [-0.2, 0) is 4.79 Å². The third kappa shape index (κ3) is 6.16. The third-order valence-corrected chi connectivity index (χ3v) is 3.92. The largest absolute Gasteiger partial charge is 0.481 e. The van der Waals surface area contributed by atoms with Gasteiger partial charge in [-0.25, -0.2) is 4.39 Å². The summed E-state index contributed by atoms with van der Waals surface area (Å²) in [6.45, 7) is 1.43. The monoisotopic (exact) mass is 385 g/mol. The van der Waals surface area contributed by atoms with Gasteiger partial charge in [-0.1, -0.05) is 12.1 Å². The summed E-state index contributed by atoms with van der Waals surface area (Å²) in [5, 5.41) is 7.42. The van der Waals surface area contributed by atoms with Crippen LogP contribution in [0.25, 0.3) is 0 Å². The summed E-state index contributed by atoms with van der Waals surface area (Å²) in [4.78, 5) is 10.7. The van der Waals surface area contributed by atoms with Crippen LogP contribution in [0.1, 0.15) is 13.3 Å². The van der Waals surface area contributed by atoms with Crippen molar-refractivity contribution in [2.75, 3.05) is 18.0 Å². The molecule has 1 fully saturated rings. The predicted octanol–water partition coefficient (Wildman–Crippen LogP) is 5.10. The second-order valence-electron chi connectivity index (χ2n) is 6.02. The van der Waals surface area contributed by atoms with E-state index < -0.39 is 23.9 Å². The average Bonchev–Trinajstić information content (AvgIpc) is 3.07. The maximum atomic E-state index is 13.5. The molecule has 27 heavy (non-hydrogen) atoms. The Hall–Kier alpha value is -2.77. The first-order valence-corrected chi connectivity index (χ1v) is 8.20. The topological polar surface area (TPSA) is 49.8 Å². The number of alkyl halides is 3. The molecule has 1 N–H and O–H groups in total. The van der Waals surface area contributed by atoms with Crippen LogP contribution in [0.5, 0.6) is 11.5 Å². The van der Waals surface area contributed by atoms with Crippen LogP contribution in [0.4, 0.5) is 23.2 Å². The van der Waals surface area contributed by atoms with Crippen LogP contribution in [0.3, 0.4) is 0 Å². The number of para-hydroxylation sites is 1. The first-order chi connectivity index (χ1) is 12.7. The van der Waals surface area contributed by atoms with Crippen LogP contribution in [0.2, 0.25) is 0 Å². The number of aliphatic carboxylic acids is 1. The summed E-state index contributed by atoms with van der Waals surface area (Å²) in [7, 11) is 0. The van der Waals surface area contributed by atoms with Crippen LogP contribution < -0.4 is 9.64 Å². The number of ether oxygens (including phenoxy) is 1. The number of carbonyl (C=O) groups is 1. The Bertz CT molecular complexity index is 758. The molecule has 2 aromatic carbocycles. The molecule has 8 heteroatoms. The van der Waals surface area contributed by atoms with Crippen molar-refractivity contribution in [3.63, 3.8) is 0 Å². The van der Waals surface area contributed by atoms with E-state index in [1.807, 2.05) is 0 Å². The fourth-order valence-corrected chi connectivity index (χ4v) is 2.64. The molecule has 0 amide bonds. The van der Waals surface area contributed by atoms with Gasteiger partial charge in [-0.15, -0.1) is 0 Å². The molecule has 4 nitrogen and oxygen atoms in total. The molecule has 1 atom stereocenters. The Morgan fingerprint density at radius 2 is 1.74 bits per heavy atom. The number of halogens is 4. The maximum Gasteiger partial charge on any atom is 0.393 e. The van der Waals surface area contributed by atoms with Crippen molar-refractivity contribution >= 4 is 11.7 Å². The summed E-state index contributed by atoms with van der Waals surface area (Å²) in [5.41, 5.74) is 0.706. The standard InChI is InChI=1S/C17H15F4NO.C2H4O2/c18-15-3-1-2-4-16(15)23-14-7-5-13(6-8-14)22-10-9-12(11-22)17(19,20)21;1-2(3)4/h1-8,12H,9-11H2;1H3,(H,3,4)/t12-;/m0./s1. The average molecular weight is 385 g/mol. The molecule has 0 saturated carbocycles. The number of benzene rings is 2. The van der Waals surface area contributed by atoms with E-state index in [2.05, 4.69) is 0 Å². The van der Waals surface area contributed by atoms with Crippen molar-refractivity contribution in [3.05, 3.63) is 54.3 Å². The predicted molar refractivity (Wildman–Crippen MR) is 92.6 cm³/mol. The highest BCUT2D eigenvalue weighted by atomic mass is 19.4. The van der Waals surface area contributed by atoms with E-state index in [-0.39, 0.29) is 18.7 Å². The molecular formula is C19H19F4NO3. The second-order valence-corrected chi connectivity index (χ2v) is 6.02. The Morgan fingerprint density at radius 1 is 1.15 bits per heavy atom. The highest BCUT2D eigenvalue weighted by Gasteiger charge is 2.43. The fourth-order valence-electron chi connectivity index (χ4n) is 2.64. The summed E-state index contributed by atoms with van der Waals surface area (Å²) < 4.78 is 57.1. The van der Waals surface area contributed by atoms with E-state index in [9.17, 15) is 17.6 Å². The molecule has 1 saturated heterocycles. The molecule has 1 heterocycles. The maximum absolute atomic E-state index is 13.5. The van der Waals surface area contributed by atoms with Gasteiger partial charge in [0, 0.05) is 25.7 Å². The fraction of sp³-hybridized carbons (Fsp3) is 0.316. The van der Waals surface area contributed by atoms with Gasteiger partial charge in [0.25, 0.3) is 5.97 Å². The van der Waals surface area contributed by atoms with Gasteiger partial charge < -0.3 is 14.7 Å². The lowest BCUT2D eigenvalue weighted by Gasteiger charge is -2.20. The Labute approximate surface area is 154 Å². The SMILES string of the molecule is CC(=O)O.Fc1ccccc1Oc1ccc(N2CC[C@H](C(F)(F)F)C2)cc1. The van der Waals surface area contributed by atoms with Crippen LogP contribution in [-0.4, -0.2) is 30.3 Å². The van der Waals surface area contributed by atoms with E-state index in [1.165, 1.54) is 12.1 Å². The number of rotatable bonds is 3. The van der Waals surface area contributed by atoms with Crippen molar-refractivity contribution in [1.29, 1.82) is 0 Å². The van der Waals surface area contributed by atoms with E-state index in [1.54, 1.807) is 41.3 Å². The smallest absolute Gasteiger partial charge is 0.393 e. The van der Waals surface area contributed by atoms with Crippen LogP contribution in [0, 0.1) is 11.7 Å². The van der Waals surface area contributed by atoms with Crippen molar-refractivity contribution < 1.29 is 32.2 Å². The molecule has 146 valence electrons. The van der Waals surface area contributed by atoms with Gasteiger partial charge >= 0.3 is 6.18 Å². The Balaban J connectivity index is 0.000000596. The van der Waals surface area contributed by atoms with Gasteiger partial charge in [0.05, 0.1) is 5.92 Å². The summed E-state index contributed by atoms with van der Waals surface area (Å²) in [5.74, 6) is -2.04. The van der Waals surface area contributed by atoms with Gasteiger partial charge in [-0.2, -0.15) is 13.2 Å². The van der Waals surface area contributed by atoms with Crippen molar-refractivity contribution in [3.8, 4) is 11.5 Å². The zero-order valence-electron chi connectivity index (χ0n) is 14.5. The minimum Gasteiger partial charge on any atom is -0.481 e. The molecule has 0 radical (unpaired) electrons. The van der Waals surface area contributed by atoms with E-state index in [0.717, 1.165) is 6.92 Å². The molecule has 0 aliphatic carbocycles. The molecule has 0 unspecified atom stereocenters. The molecular weight excluding hydrogens is 366 g/mol. The van der Waals surface area contributed by atoms with Crippen LogP contribution >= 0.6 is 0 Å². The molecule has 1 aliphatic rings. The van der Waals surface area contributed by atoms with Gasteiger partial charge in [0.2, 0.25) is 0 Å². The van der Waals surface area contributed by atoms with E-state index in [0.29, 0.717) is 18.0 Å². The van der Waals surface area contributed by atoms with Crippen molar-refractivity contribution in [2.45, 2.75) is 19.5 Å². The lowest BCUT2D eigenvalue weighted by Crippen LogP contribution is -2.27. The Kier molecular flexibility index (Phi) is 6.65. The highest BCUT2D eigenvalue weighted by molar-refractivity contribution is 5.63. The van der Waals surface area contributed by atoms with Crippen molar-refractivity contribution in [1.82, 2.24) is 0 Å². The summed E-state index contributed by atoms with van der Waals surface area (Å²) in [6.07, 6.45) is -4.04. The highest BCUT2D eigenvalue weighted by Crippen LogP contribution is 2.36. The minimum atomic E-state index is -4.15. The van der Waals surface area contributed by atoms with E-state index >= 15 is 0 Å². The lowest BCUT2D eigenvalue weighted by molar-refractivity contribution is -0.168. The normalized spacial score (nSPS) is 16.5. The number of hydrogen-bond donors (Lipinski definition) is 1. The minimum absolute atomic E-state index is 0.0307. The zero-order valence-corrected chi connectivity index (χ0v) is 14.5. The molecule has 0 aromatic heterocycles. The second kappa shape index (κ2) is 8.75. The van der Waals surface area contributed by atoms with Crippen LogP contribution in [0.15, 0.2) is 48.5 Å².